The molecule has 0 aliphatic rings. The predicted molar refractivity (Wildman–Crippen MR) is 86.2 cm³/mol. The number of aliphatic hydroxyl groups is 1. The summed E-state index contributed by atoms with van der Waals surface area (Å²) in [6, 6.07) is 13.6. The van der Waals surface area contributed by atoms with Crippen molar-refractivity contribution in [3.63, 3.8) is 0 Å². The molecule has 0 amide bonds. The monoisotopic (exact) mass is 304 g/mol. The summed E-state index contributed by atoms with van der Waals surface area (Å²) in [6.07, 6.45) is 1.53. The minimum Gasteiger partial charge on any atom is -0.496 e. The van der Waals surface area contributed by atoms with E-state index < -0.39 is 6.10 Å². The molecule has 1 unspecified atom stereocenters. The number of methoxy groups -OCH3 is 1. The van der Waals surface area contributed by atoms with Crippen LogP contribution in [0.2, 0.25) is 0 Å². The summed E-state index contributed by atoms with van der Waals surface area (Å²) in [4.78, 5) is 1.11. The topological polar surface area (TPSA) is 38.7 Å². The van der Waals surface area contributed by atoms with Crippen molar-refractivity contribution >= 4 is 11.8 Å². The van der Waals surface area contributed by atoms with E-state index >= 15 is 0 Å². The maximum atomic E-state index is 9.58. The summed E-state index contributed by atoms with van der Waals surface area (Å²) in [5, 5.41) is 9.58. The van der Waals surface area contributed by atoms with Crippen molar-refractivity contribution in [1.82, 2.24) is 0 Å². The lowest BCUT2D eigenvalue weighted by Gasteiger charge is -2.11. The van der Waals surface area contributed by atoms with Crippen LogP contribution in [0.5, 0.6) is 11.5 Å². The second kappa shape index (κ2) is 7.38. The van der Waals surface area contributed by atoms with E-state index in [9.17, 15) is 5.11 Å². The van der Waals surface area contributed by atoms with Gasteiger partial charge < -0.3 is 14.6 Å². The second-order valence-corrected chi connectivity index (χ2v) is 5.57. The van der Waals surface area contributed by atoms with Crippen LogP contribution in [0.1, 0.15) is 24.2 Å². The van der Waals surface area contributed by atoms with E-state index in [1.54, 1.807) is 25.8 Å². The van der Waals surface area contributed by atoms with Gasteiger partial charge in [0.15, 0.2) is 0 Å². The van der Waals surface area contributed by atoms with E-state index in [4.69, 9.17) is 9.47 Å². The number of aliphatic hydroxyl groups excluding tert-OH is 1. The molecule has 1 atom stereocenters. The Hall–Kier alpha value is -1.65. The molecule has 0 saturated carbocycles. The standard InChI is InChI=1S/C17H20O3S/c1-12(18)14-5-4-6-15(10-14)20-11-13-7-8-17(21-3)16(9-13)19-2/h4-10,12,18H,11H2,1-3H3. The Kier molecular flexibility index (Phi) is 5.53. The number of thioether (sulfide) groups is 1. The molecule has 0 aliphatic carbocycles. The molecule has 2 rings (SSSR count). The Morgan fingerprint density at radius 3 is 2.67 bits per heavy atom. The third-order valence-electron chi connectivity index (χ3n) is 3.19. The van der Waals surface area contributed by atoms with Gasteiger partial charge in [0.2, 0.25) is 0 Å². The average Bonchev–Trinajstić information content (AvgIpc) is 2.52. The fraction of sp³-hybridized carbons (Fsp3) is 0.294. The molecule has 0 aromatic heterocycles. The largest absolute Gasteiger partial charge is 0.496 e. The zero-order valence-electron chi connectivity index (χ0n) is 12.5. The third kappa shape index (κ3) is 4.16. The van der Waals surface area contributed by atoms with Crippen LogP contribution in [0, 0.1) is 0 Å². The van der Waals surface area contributed by atoms with Gasteiger partial charge in [-0.2, -0.15) is 0 Å². The highest BCUT2D eigenvalue weighted by atomic mass is 32.2. The number of rotatable bonds is 6. The van der Waals surface area contributed by atoms with Crippen molar-refractivity contribution in [3.8, 4) is 11.5 Å². The van der Waals surface area contributed by atoms with Gasteiger partial charge in [0.25, 0.3) is 0 Å². The first-order valence-corrected chi connectivity index (χ1v) is 7.98. The second-order valence-electron chi connectivity index (χ2n) is 4.73. The van der Waals surface area contributed by atoms with Gasteiger partial charge in [-0.25, -0.2) is 0 Å². The molecular weight excluding hydrogens is 284 g/mol. The summed E-state index contributed by atoms with van der Waals surface area (Å²) in [6.45, 7) is 2.21. The number of ether oxygens (including phenoxy) is 2. The van der Waals surface area contributed by atoms with Gasteiger partial charge in [-0.3, -0.25) is 0 Å². The average molecular weight is 304 g/mol. The van der Waals surface area contributed by atoms with E-state index in [1.165, 1.54) is 0 Å². The Bertz CT molecular complexity index is 596. The molecule has 0 radical (unpaired) electrons. The molecule has 112 valence electrons. The Balaban J connectivity index is 2.07. The van der Waals surface area contributed by atoms with Gasteiger partial charge in [-0.1, -0.05) is 18.2 Å². The summed E-state index contributed by atoms with van der Waals surface area (Å²) in [7, 11) is 1.67. The van der Waals surface area contributed by atoms with Crippen molar-refractivity contribution in [1.29, 1.82) is 0 Å². The number of hydrogen-bond donors (Lipinski definition) is 1. The molecule has 0 aliphatic heterocycles. The minimum atomic E-state index is -0.491. The maximum absolute atomic E-state index is 9.58. The van der Waals surface area contributed by atoms with E-state index in [-0.39, 0.29) is 0 Å². The van der Waals surface area contributed by atoms with Crippen molar-refractivity contribution in [2.75, 3.05) is 13.4 Å². The normalized spacial score (nSPS) is 12.0. The predicted octanol–water partition coefficient (Wildman–Crippen LogP) is 4.05. The Labute approximate surface area is 129 Å². The van der Waals surface area contributed by atoms with Gasteiger partial charge >= 0.3 is 0 Å². The minimum absolute atomic E-state index is 0.467. The van der Waals surface area contributed by atoms with Gasteiger partial charge in [0.1, 0.15) is 18.1 Å². The zero-order chi connectivity index (χ0) is 15.2. The van der Waals surface area contributed by atoms with E-state index in [1.807, 2.05) is 48.7 Å². The molecule has 2 aromatic rings. The molecule has 2 aromatic carbocycles. The Morgan fingerprint density at radius 1 is 1.19 bits per heavy atom. The van der Waals surface area contributed by atoms with E-state index in [0.29, 0.717) is 6.61 Å². The quantitative estimate of drug-likeness (QED) is 0.817. The molecule has 21 heavy (non-hydrogen) atoms. The Morgan fingerprint density at radius 2 is 2.00 bits per heavy atom. The highest BCUT2D eigenvalue weighted by Gasteiger charge is 2.05. The summed E-state index contributed by atoms with van der Waals surface area (Å²) < 4.78 is 11.2. The van der Waals surface area contributed by atoms with Gasteiger partial charge in [0.05, 0.1) is 13.2 Å². The van der Waals surface area contributed by atoms with Crippen LogP contribution in [0.3, 0.4) is 0 Å². The third-order valence-corrected chi connectivity index (χ3v) is 3.97. The first-order valence-electron chi connectivity index (χ1n) is 6.75. The van der Waals surface area contributed by atoms with Crippen molar-refractivity contribution in [3.05, 3.63) is 53.6 Å². The van der Waals surface area contributed by atoms with Crippen LogP contribution in [0.4, 0.5) is 0 Å². The molecule has 0 saturated heterocycles. The van der Waals surface area contributed by atoms with E-state index in [0.717, 1.165) is 27.5 Å². The molecular formula is C17H20O3S. The summed E-state index contributed by atoms with van der Waals surface area (Å²) >= 11 is 1.65. The van der Waals surface area contributed by atoms with Crippen LogP contribution >= 0.6 is 11.8 Å². The lowest BCUT2D eigenvalue weighted by molar-refractivity contribution is 0.198. The summed E-state index contributed by atoms with van der Waals surface area (Å²) in [5.41, 5.74) is 1.90. The zero-order valence-corrected chi connectivity index (χ0v) is 13.3. The SMILES string of the molecule is COc1cc(COc2cccc(C(C)O)c2)ccc1SC. The number of benzene rings is 2. The fourth-order valence-corrected chi connectivity index (χ4v) is 2.55. The number of hydrogen-bond acceptors (Lipinski definition) is 4. The molecule has 3 nitrogen and oxygen atoms in total. The highest BCUT2D eigenvalue weighted by molar-refractivity contribution is 7.98. The van der Waals surface area contributed by atoms with Gasteiger partial charge in [-0.05, 0) is 48.6 Å². The van der Waals surface area contributed by atoms with Gasteiger partial charge in [0, 0.05) is 4.90 Å². The smallest absolute Gasteiger partial charge is 0.132 e. The van der Waals surface area contributed by atoms with Crippen molar-refractivity contribution in [2.24, 2.45) is 0 Å². The van der Waals surface area contributed by atoms with Crippen LogP contribution < -0.4 is 9.47 Å². The molecule has 4 heteroatoms. The van der Waals surface area contributed by atoms with Crippen LogP contribution in [-0.4, -0.2) is 18.5 Å². The molecule has 0 spiro atoms. The lowest BCUT2D eigenvalue weighted by Crippen LogP contribution is -1.98. The molecule has 1 N–H and O–H groups in total. The molecule has 0 bridgehead atoms. The van der Waals surface area contributed by atoms with Crippen LogP contribution in [-0.2, 0) is 6.61 Å². The summed E-state index contributed by atoms with van der Waals surface area (Å²) in [5.74, 6) is 1.61. The fourth-order valence-electron chi connectivity index (χ4n) is 2.00. The first kappa shape index (κ1) is 15.7. The van der Waals surface area contributed by atoms with Crippen LogP contribution in [0.25, 0.3) is 0 Å². The molecule has 0 fully saturated rings. The maximum Gasteiger partial charge on any atom is 0.132 e. The molecule has 0 heterocycles. The van der Waals surface area contributed by atoms with Gasteiger partial charge in [-0.15, -0.1) is 11.8 Å². The van der Waals surface area contributed by atoms with Crippen molar-refractivity contribution in [2.45, 2.75) is 24.5 Å². The van der Waals surface area contributed by atoms with E-state index in [2.05, 4.69) is 0 Å². The lowest BCUT2D eigenvalue weighted by atomic mass is 10.1. The van der Waals surface area contributed by atoms with Crippen molar-refractivity contribution < 1.29 is 14.6 Å². The first-order chi connectivity index (χ1) is 10.1. The highest BCUT2D eigenvalue weighted by Crippen LogP contribution is 2.29. The van der Waals surface area contributed by atoms with Crippen LogP contribution in [0.15, 0.2) is 47.4 Å².